The van der Waals surface area contributed by atoms with E-state index in [9.17, 15) is 14.4 Å². The molecule has 0 spiro atoms. The van der Waals surface area contributed by atoms with Gasteiger partial charge in [-0.1, -0.05) is 6.92 Å². The first kappa shape index (κ1) is 21.3. The van der Waals surface area contributed by atoms with Crippen LogP contribution in [0.1, 0.15) is 44.5 Å². The lowest BCUT2D eigenvalue weighted by Crippen LogP contribution is -2.22. The van der Waals surface area contributed by atoms with Crippen molar-refractivity contribution in [2.45, 2.75) is 31.2 Å². The highest BCUT2D eigenvalue weighted by atomic mass is 32.2. The van der Waals surface area contributed by atoms with Crippen LogP contribution in [0.4, 0.5) is 5.00 Å². The molecule has 0 radical (unpaired) electrons. The summed E-state index contributed by atoms with van der Waals surface area (Å²) in [4.78, 5) is 42.2. The zero-order valence-corrected chi connectivity index (χ0v) is 18.1. The highest BCUT2D eigenvalue weighted by Gasteiger charge is 2.29. The van der Waals surface area contributed by atoms with Crippen LogP contribution in [-0.4, -0.2) is 42.8 Å². The number of anilines is 1. The Balaban J connectivity index is 1.71. The maximum Gasteiger partial charge on any atom is 0.341 e. The van der Waals surface area contributed by atoms with E-state index in [2.05, 4.69) is 17.2 Å². The number of amides is 1. The molecule has 0 saturated carbocycles. The minimum atomic E-state index is -0.620. The number of pyridine rings is 1. The lowest BCUT2D eigenvalue weighted by molar-refractivity contribution is -0.119. The molecule has 2 aromatic rings. The molecule has 1 aliphatic rings. The normalized spacial score (nSPS) is 15.3. The number of hydrogen-bond donors (Lipinski definition) is 1. The predicted molar refractivity (Wildman–Crippen MR) is 112 cm³/mol. The van der Waals surface area contributed by atoms with Gasteiger partial charge in [0.15, 0.2) is 6.61 Å². The van der Waals surface area contributed by atoms with E-state index in [4.69, 9.17) is 9.47 Å². The van der Waals surface area contributed by atoms with Gasteiger partial charge in [0.05, 0.1) is 18.2 Å². The average Bonchev–Trinajstić information content (AvgIpc) is 3.07. The number of fused-ring (bicyclic) bond motifs is 1. The van der Waals surface area contributed by atoms with Gasteiger partial charge in [0.25, 0.3) is 5.91 Å². The fourth-order valence-electron chi connectivity index (χ4n) is 3.24. The summed E-state index contributed by atoms with van der Waals surface area (Å²) < 4.78 is 10.0. The van der Waals surface area contributed by atoms with E-state index < -0.39 is 24.5 Å². The molecule has 0 saturated heterocycles. The summed E-state index contributed by atoms with van der Waals surface area (Å²) >= 11 is 2.71. The number of hydrogen-bond acceptors (Lipinski definition) is 8. The van der Waals surface area contributed by atoms with Gasteiger partial charge in [-0.15, -0.1) is 23.1 Å². The molecule has 1 amide bonds. The Kier molecular flexibility index (Phi) is 6.92. The molecule has 9 heteroatoms. The van der Waals surface area contributed by atoms with Gasteiger partial charge in [-0.2, -0.15) is 0 Å². The molecule has 2 heterocycles. The van der Waals surface area contributed by atoms with Crippen LogP contribution in [0.25, 0.3) is 0 Å². The summed E-state index contributed by atoms with van der Waals surface area (Å²) in [6.45, 7) is 1.71. The first-order valence-electron chi connectivity index (χ1n) is 9.13. The fourth-order valence-corrected chi connectivity index (χ4v) is 5.19. The first-order valence-corrected chi connectivity index (χ1v) is 11.2. The van der Waals surface area contributed by atoms with Crippen molar-refractivity contribution in [1.29, 1.82) is 0 Å². The Morgan fingerprint density at radius 3 is 2.86 bits per heavy atom. The first-order chi connectivity index (χ1) is 13.9. The van der Waals surface area contributed by atoms with Crippen LogP contribution in [0.2, 0.25) is 0 Å². The maximum atomic E-state index is 12.4. The summed E-state index contributed by atoms with van der Waals surface area (Å²) in [7, 11) is 1.32. The second-order valence-electron chi connectivity index (χ2n) is 6.73. The van der Waals surface area contributed by atoms with E-state index in [0.717, 1.165) is 29.7 Å². The lowest BCUT2D eigenvalue weighted by Gasteiger charge is -2.18. The van der Waals surface area contributed by atoms with Crippen molar-refractivity contribution in [3.05, 3.63) is 39.9 Å². The Hall–Kier alpha value is -2.39. The number of aromatic nitrogens is 1. The molecule has 7 nitrogen and oxygen atoms in total. The molecular formula is C20H22N2O5S2. The van der Waals surface area contributed by atoms with Crippen molar-refractivity contribution in [2.24, 2.45) is 5.92 Å². The van der Waals surface area contributed by atoms with Crippen LogP contribution in [0.5, 0.6) is 0 Å². The van der Waals surface area contributed by atoms with E-state index in [1.165, 1.54) is 30.2 Å². The zero-order valence-electron chi connectivity index (χ0n) is 16.4. The van der Waals surface area contributed by atoms with Gasteiger partial charge in [0.1, 0.15) is 10.0 Å². The third-order valence-electron chi connectivity index (χ3n) is 4.67. The third-order valence-corrected chi connectivity index (χ3v) is 6.55. The predicted octanol–water partition coefficient (Wildman–Crippen LogP) is 3.57. The Morgan fingerprint density at radius 2 is 2.14 bits per heavy atom. The quantitative estimate of drug-likeness (QED) is 0.548. The van der Waals surface area contributed by atoms with E-state index in [1.807, 2.05) is 0 Å². The Morgan fingerprint density at radius 1 is 1.34 bits per heavy atom. The standard InChI is InChI=1S/C20H22N2O5S2/c1-11-6-7-12-14(9-11)29-18(16(12)20(25)26-2)22-15(23)10-27-19(24)13-5-4-8-21-17(13)28-3/h4-5,8,11H,6-7,9-10H2,1-3H3,(H,22,23). The van der Waals surface area contributed by atoms with Crippen molar-refractivity contribution < 1.29 is 23.9 Å². The summed E-state index contributed by atoms with van der Waals surface area (Å²) in [5, 5.41) is 3.69. The molecule has 3 rings (SSSR count). The number of nitrogens with zero attached hydrogens (tertiary/aromatic N) is 1. The van der Waals surface area contributed by atoms with Crippen LogP contribution in [-0.2, 0) is 27.1 Å². The molecule has 1 atom stereocenters. The summed E-state index contributed by atoms with van der Waals surface area (Å²) in [5.41, 5.74) is 1.67. The number of ether oxygens (including phenoxy) is 2. The van der Waals surface area contributed by atoms with E-state index in [-0.39, 0.29) is 0 Å². The van der Waals surface area contributed by atoms with Gasteiger partial charge in [-0.3, -0.25) is 4.79 Å². The van der Waals surface area contributed by atoms with Gasteiger partial charge in [-0.05, 0) is 49.1 Å². The number of carbonyl (C=O) groups is 3. The van der Waals surface area contributed by atoms with Gasteiger partial charge < -0.3 is 14.8 Å². The van der Waals surface area contributed by atoms with E-state index in [1.54, 1.807) is 24.6 Å². The number of thiophene rings is 1. The van der Waals surface area contributed by atoms with Crippen LogP contribution in [0.3, 0.4) is 0 Å². The number of carbonyl (C=O) groups excluding carboxylic acids is 3. The molecule has 0 aromatic carbocycles. The molecule has 154 valence electrons. The van der Waals surface area contributed by atoms with Gasteiger partial charge >= 0.3 is 11.9 Å². The molecule has 1 aliphatic carbocycles. The molecular weight excluding hydrogens is 412 g/mol. The van der Waals surface area contributed by atoms with Crippen molar-refractivity contribution >= 4 is 45.9 Å². The second kappa shape index (κ2) is 9.41. The lowest BCUT2D eigenvalue weighted by atomic mass is 9.88. The smallest absolute Gasteiger partial charge is 0.341 e. The van der Waals surface area contributed by atoms with Crippen LogP contribution in [0, 0.1) is 5.92 Å². The largest absolute Gasteiger partial charge is 0.465 e. The molecule has 1 N–H and O–H groups in total. The molecule has 0 bridgehead atoms. The minimum Gasteiger partial charge on any atom is -0.465 e. The minimum absolute atomic E-state index is 0.309. The Bertz CT molecular complexity index is 941. The number of nitrogens with one attached hydrogen (secondary N) is 1. The van der Waals surface area contributed by atoms with Gasteiger partial charge in [0, 0.05) is 11.1 Å². The van der Waals surface area contributed by atoms with Crippen LogP contribution >= 0.6 is 23.1 Å². The van der Waals surface area contributed by atoms with Crippen LogP contribution < -0.4 is 5.32 Å². The van der Waals surface area contributed by atoms with Crippen LogP contribution in [0.15, 0.2) is 23.4 Å². The molecule has 1 unspecified atom stereocenters. The van der Waals surface area contributed by atoms with Crippen molar-refractivity contribution in [1.82, 2.24) is 4.98 Å². The summed E-state index contributed by atoms with van der Waals surface area (Å²) in [6.07, 6.45) is 6.03. The fraction of sp³-hybridized carbons (Fsp3) is 0.400. The van der Waals surface area contributed by atoms with Gasteiger partial charge in [0.2, 0.25) is 0 Å². The number of methoxy groups -OCH3 is 1. The summed E-state index contributed by atoms with van der Waals surface area (Å²) in [5.74, 6) is -1.07. The molecule has 29 heavy (non-hydrogen) atoms. The number of thioether (sulfide) groups is 1. The molecule has 0 fully saturated rings. The zero-order chi connectivity index (χ0) is 21.0. The molecule has 2 aromatic heterocycles. The SMILES string of the molecule is COC(=O)c1c(NC(=O)COC(=O)c2cccnc2SC)sc2c1CCC(C)C2. The van der Waals surface area contributed by atoms with E-state index >= 15 is 0 Å². The number of esters is 2. The van der Waals surface area contributed by atoms with Crippen molar-refractivity contribution in [2.75, 3.05) is 25.3 Å². The highest BCUT2D eigenvalue weighted by Crippen LogP contribution is 2.40. The van der Waals surface area contributed by atoms with Crippen molar-refractivity contribution in [3.8, 4) is 0 Å². The topological polar surface area (TPSA) is 94.6 Å². The van der Waals surface area contributed by atoms with Gasteiger partial charge in [-0.25, -0.2) is 14.6 Å². The monoisotopic (exact) mass is 434 g/mol. The number of rotatable bonds is 6. The third kappa shape index (κ3) is 4.79. The molecule has 0 aliphatic heterocycles. The highest BCUT2D eigenvalue weighted by molar-refractivity contribution is 7.98. The second-order valence-corrected chi connectivity index (χ2v) is 8.63. The Labute approximate surface area is 177 Å². The average molecular weight is 435 g/mol. The van der Waals surface area contributed by atoms with E-state index in [0.29, 0.717) is 27.1 Å². The van der Waals surface area contributed by atoms with Crippen molar-refractivity contribution in [3.63, 3.8) is 0 Å². The summed E-state index contributed by atoms with van der Waals surface area (Å²) in [6, 6.07) is 3.24. The maximum absolute atomic E-state index is 12.4.